The molecule has 0 unspecified atom stereocenters. The monoisotopic (exact) mass is 490 g/mol. The first-order valence-electron chi connectivity index (χ1n) is 9.91. The summed E-state index contributed by atoms with van der Waals surface area (Å²) in [5, 5.41) is 0.672. The number of hydrogen-bond donors (Lipinski definition) is 2. The van der Waals surface area contributed by atoms with Gasteiger partial charge in [0.25, 0.3) is 5.78 Å². The molecular weight excluding hydrogens is 476 g/mol. The Morgan fingerprint density at radius 2 is 1.15 bits per heavy atom. The molecule has 0 atom stereocenters. The zero-order chi connectivity index (χ0) is 23.2. The molecular formula is C23H14N4O5S2. The molecule has 0 aliphatic heterocycles. The number of aromatic nitrogens is 2. The maximum absolute atomic E-state index is 13.6. The van der Waals surface area contributed by atoms with Gasteiger partial charge in [-0.3, -0.25) is 4.79 Å². The molecule has 11 heteroatoms. The van der Waals surface area contributed by atoms with Crippen LogP contribution in [0.15, 0.2) is 79.1 Å². The second-order valence-corrected chi connectivity index (χ2v) is 9.13. The second-order valence-electron chi connectivity index (χ2n) is 7.07. The lowest BCUT2D eigenvalue weighted by atomic mass is 10.0. The summed E-state index contributed by atoms with van der Waals surface area (Å²) >= 11 is 2.46. The average molecular weight is 491 g/mol. The fourth-order valence-corrected chi connectivity index (χ4v) is 5.35. The van der Waals surface area contributed by atoms with Gasteiger partial charge >= 0.3 is 0 Å². The fourth-order valence-electron chi connectivity index (χ4n) is 3.63. The van der Waals surface area contributed by atoms with Gasteiger partial charge in [-0.05, 0) is 36.4 Å². The topological polar surface area (TPSA) is 147 Å². The first-order valence-corrected chi connectivity index (χ1v) is 11.5. The summed E-state index contributed by atoms with van der Waals surface area (Å²) in [7, 11) is 0. The van der Waals surface area contributed by atoms with E-state index < -0.39 is 5.78 Å². The highest BCUT2D eigenvalue weighted by atomic mass is 32.1. The van der Waals surface area contributed by atoms with Crippen LogP contribution in [0.5, 0.6) is 0 Å². The highest BCUT2D eigenvalue weighted by Gasteiger charge is 2.30. The van der Waals surface area contributed by atoms with Crippen molar-refractivity contribution in [1.82, 2.24) is 9.97 Å². The van der Waals surface area contributed by atoms with Crippen LogP contribution in [0.4, 0.5) is 10.3 Å². The van der Waals surface area contributed by atoms with Gasteiger partial charge in [-0.2, -0.15) is 0 Å². The van der Waals surface area contributed by atoms with Gasteiger partial charge in [-0.15, -0.1) is 0 Å². The number of nitrogens with two attached hydrogens (primary N) is 2. The van der Waals surface area contributed by atoms with E-state index in [0.717, 1.165) is 0 Å². The fraction of sp³-hybridized carbons (Fsp3) is 0. The van der Waals surface area contributed by atoms with Gasteiger partial charge in [0.2, 0.25) is 0 Å². The second kappa shape index (κ2) is 7.90. The first-order chi connectivity index (χ1) is 16.6. The van der Waals surface area contributed by atoms with Crippen LogP contribution in [0.2, 0.25) is 0 Å². The lowest BCUT2D eigenvalue weighted by molar-refractivity contribution is 0.0985. The Bertz CT molecular complexity index is 1480. The van der Waals surface area contributed by atoms with Crippen LogP contribution in [0.3, 0.4) is 0 Å². The van der Waals surface area contributed by atoms with E-state index in [0.29, 0.717) is 54.1 Å². The predicted molar refractivity (Wildman–Crippen MR) is 127 cm³/mol. The molecule has 6 aromatic heterocycles. The van der Waals surface area contributed by atoms with Crippen molar-refractivity contribution in [3.8, 4) is 43.8 Å². The van der Waals surface area contributed by atoms with E-state index in [1.54, 1.807) is 48.9 Å². The Hall–Kier alpha value is -4.35. The standard InChI is InChI=1S/C23H14N4O5S2/c24-22-26-15(13-3-1-7-29-13)20(33-22)11-5-9-31-18(11)17(28)19-12(6-10-32-19)21-16(27-23(25)34-21)14-4-2-8-30-14/h1-10H,(H2,24,26)(H2,25,27). The number of carbonyl (C=O) groups excluding carboxylic acids is 1. The first kappa shape index (κ1) is 20.3. The Kier molecular flexibility index (Phi) is 4.71. The predicted octanol–water partition coefficient (Wildman–Crippen LogP) is 6.04. The lowest BCUT2D eigenvalue weighted by Crippen LogP contribution is -2.01. The van der Waals surface area contributed by atoms with Crippen LogP contribution < -0.4 is 11.5 Å². The van der Waals surface area contributed by atoms with Crippen LogP contribution >= 0.6 is 22.7 Å². The highest BCUT2D eigenvalue weighted by molar-refractivity contribution is 7.19. The smallest absolute Gasteiger partial charge is 0.264 e. The number of nitrogens with zero attached hydrogens (tertiary/aromatic N) is 2. The number of furan rings is 4. The molecule has 0 radical (unpaired) electrons. The molecule has 0 aliphatic carbocycles. The van der Waals surface area contributed by atoms with Crippen molar-refractivity contribution in [2.75, 3.05) is 11.5 Å². The SMILES string of the molecule is Nc1nc(-c2ccco2)c(-c2ccoc2C(=O)c2occc2-c2sc(N)nc2-c2ccco2)s1. The third-order valence-corrected chi connectivity index (χ3v) is 6.86. The van der Waals surface area contributed by atoms with E-state index in [9.17, 15) is 4.79 Å². The third kappa shape index (κ3) is 3.26. The molecule has 0 bridgehead atoms. The molecule has 168 valence electrons. The van der Waals surface area contributed by atoms with E-state index in [1.807, 2.05) is 0 Å². The number of anilines is 2. The summed E-state index contributed by atoms with van der Waals surface area (Å²) in [5.41, 5.74) is 14.1. The molecule has 0 aliphatic rings. The highest BCUT2D eigenvalue weighted by Crippen LogP contribution is 2.43. The van der Waals surface area contributed by atoms with Gasteiger partial charge in [0.1, 0.15) is 11.4 Å². The van der Waals surface area contributed by atoms with Crippen molar-refractivity contribution in [1.29, 1.82) is 0 Å². The molecule has 34 heavy (non-hydrogen) atoms. The summed E-state index contributed by atoms with van der Waals surface area (Å²) in [5.74, 6) is 0.790. The molecule has 0 fully saturated rings. The van der Waals surface area contributed by atoms with Crippen LogP contribution in [0.1, 0.15) is 16.3 Å². The largest absolute Gasteiger partial charge is 0.463 e. The molecule has 9 nitrogen and oxygen atoms in total. The van der Waals surface area contributed by atoms with Crippen molar-refractivity contribution >= 4 is 38.7 Å². The van der Waals surface area contributed by atoms with Gasteiger partial charge in [0.05, 0.1) is 34.8 Å². The summed E-state index contributed by atoms with van der Waals surface area (Å²) in [6, 6.07) is 10.4. The van der Waals surface area contributed by atoms with E-state index in [1.165, 1.54) is 35.2 Å². The van der Waals surface area contributed by atoms with E-state index in [-0.39, 0.29) is 11.5 Å². The van der Waals surface area contributed by atoms with Crippen molar-refractivity contribution in [2.24, 2.45) is 0 Å². The Balaban J connectivity index is 1.45. The molecule has 0 aromatic carbocycles. The Morgan fingerprint density at radius 1 is 0.676 bits per heavy atom. The number of nitrogen functional groups attached to an aromatic ring is 2. The zero-order valence-corrected chi connectivity index (χ0v) is 18.8. The summed E-state index contributed by atoms with van der Waals surface area (Å²) in [4.78, 5) is 23.7. The molecule has 6 heterocycles. The van der Waals surface area contributed by atoms with Gasteiger partial charge in [0, 0.05) is 11.1 Å². The molecule has 6 rings (SSSR count). The van der Waals surface area contributed by atoms with Gasteiger partial charge in [-0.1, -0.05) is 22.7 Å². The van der Waals surface area contributed by atoms with E-state index >= 15 is 0 Å². The summed E-state index contributed by atoms with van der Waals surface area (Å²) in [6.07, 6.45) is 5.96. The molecule has 0 amide bonds. The van der Waals surface area contributed by atoms with Crippen molar-refractivity contribution < 1.29 is 22.5 Å². The minimum Gasteiger partial charge on any atom is -0.463 e. The normalized spacial score (nSPS) is 11.3. The number of rotatable bonds is 6. The molecule has 0 saturated carbocycles. The molecule has 4 N–H and O–H groups in total. The number of carbonyl (C=O) groups is 1. The number of hydrogen-bond acceptors (Lipinski definition) is 11. The minimum atomic E-state index is -0.449. The van der Waals surface area contributed by atoms with Crippen molar-refractivity contribution in [3.05, 3.63) is 73.0 Å². The van der Waals surface area contributed by atoms with Gasteiger partial charge in [-0.25, -0.2) is 9.97 Å². The summed E-state index contributed by atoms with van der Waals surface area (Å²) in [6.45, 7) is 0. The van der Waals surface area contributed by atoms with Gasteiger partial charge < -0.3 is 29.1 Å². The Labute approximate surface area is 199 Å². The third-order valence-electron chi connectivity index (χ3n) is 5.03. The van der Waals surface area contributed by atoms with E-state index in [2.05, 4.69) is 9.97 Å². The molecule has 0 saturated heterocycles. The van der Waals surface area contributed by atoms with Crippen LogP contribution in [-0.2, 0) is 0 Å². The molecule has 6 aromatic rings. The van der Waals surface area contributed by atoms with Crippen LogP contribution in [0.25, 0.3) is 43.8 Å². The maximum atomic E-state index is 13.6. The maximum Gasteiger partial charge on any atom is 0.264 e. The number of ketones is 1. The lowest BCUT2D eigenvalue weighted by Gasteiger charge is -2.03. The summed E-state index contributed by atoms with van der Waals surface area (Å²) < 4.78 is 22.3. The average Bonchev–Trinajstić information content (AvgIpc) is 3.64. The quantitative estimate of drug-likeness (QED) is 0.267. The van der Waals surface area contributed by atoms with Crippen LogP contribution in [0, 0.1) is 0 Å². The van der Waals surface area contributed by atoms with Crippen molar-refractivity contribution in [3.63, 3.8) is 0 Å². The molecule has 0 spiro atoms. The zero-order valence-electron chi connectivity index (χ0n) is 17.2. The van der Waals surface area contributed by atoms with Crippen molar-refractivity contribution in [2.45, 2.75) is 0 Å². The minimum absolute atomic E-state index is 0.0877. The van der Waals surface area contributed by atoms with Gasteiger partial charge in [0.15, 0.2) is 33.3 Å². The van der Waals surface area contributed by atoms with E-state index in [4.69, 9.17) is 29.1 Å². The van der Waals surface area contributed by atoms with Crippen LogP contribution in [-0.4, -0.2) is 15.8 Å². The number of thiazole rings is 2. The Morgan fingerprint density at radius 3 is 1.56 bits per heavy atom.